The van der Waals surface area contributed by atoms with E-state index in [-0.39, 0.29) is 10.8 Å². The number of hydrogen-bond donors (Lipinski definition) is 1. The van der Waals surface area contributed by atoms with Gasteiger partial charge in [-0.3, -0.25) is 4.79 Å². The van der Waals surface area contributed by atoms with Gasteiger partial charge in [0.05, 0.1) is 4.90 Å². The highest BCUT2D eigenvalue weighted by atomic mass is 127. The van der Waals surface area contributed by atoms with Crippen LogP contribution in [0.5, 0.6) is 0 Å². The van der Waals surface area contributed by atoms with Crippen LogP contribution in [0.2, 0.25) is 0 Å². The number of hydrogen-bond acceptors (Lipinski definition) is 3. The summed E-state index contributed by atoms with van der Waals surface area (Å²) < 4.78 is 26.6. The molecule has 0 aliphatic heterocycles. The van der Waals surface area contributed by atoms with Gasteiger partial charge in [-0.05, 0) is 29.7 Å². The minimum absolute atomic E-state index is 0.0175. The van der Waals surface area contributed by atoms with Crippen molar-refractivity contribution in [1.29, 1.82) is 0 Å². The molecule has 1 aliphatic carbocycles. The van der Waals surface area contributed by atoms with E-state index >= 15 is 0 Å². The zero-order chi connectivity index (χ0) is 17.4. The highest BCUT2D eigenvalue weighted by molar-refractivity contribution is 14.1. The molecule has 0 aromatic heterocycles. The molecule has 0 saturated heterocycles. The molecule has 124 valence electrons. The third kappa shape index (κ3) is 3.25. The van der Waals surface area contributed by atoms with Crippen LogP contribution in [-0.4, -0.2) is 17.7 Å². The fourth-order valence-corrected chi connectivity index (χ4v) is 4.66. The summed E-state index contributed by atoms with van der Waals surface area (Å²) in [6.45, 7) is 3.67. The Morgan fingerprint density at radius 2 is 1.83 bits per heavy atom. The summed E-state index contributed by atoms with van der Waals surface area (Å²) >= 11 is 2.00. The lowest BCUT2D eigenvalue weighted by atomic mass is 10.1. The molecule has 0 heterocycles. The Bertz CT molecular complexity index is 895. The predicted molar refractivity (Wildman–Crippen MR) is 102 cm³/mol. The van der Waals surface area contributed by atoms with Gasteiger partial charge in [-0.2, -0.15) is 0 Å². The third-order valence-corrected chi connectivity index (χ3v) is 7.14. The van der Waals surface area contributed by atoms with Crippen LogP contribution in [0.25, 0.3) is 11.1 Å². The SMILES string of the molecule is C=C[C@@H]1C[C@]1(I)C(=O)NS(=O)(=O)c1cccc(-c2ccccc2)c1. The summed E-state index contributed by atoms with van der Waals surface area (Å²) in [5, 5.41) is 0. The van der Waals surface area contributed by atoms with Gasteiger partial charge in [0.2, 0.25) is 5.91 Å². The van der Waals surface area contributed by atoms with Gasteiger partial charge in [-0.25, -0.2) is 13.1 Å². The molecule has 4 nitrogen and oxygen atoms in total. The molecule has 1 N–H and O–H groups in total. The molecule has 1 saturated carbocycles. The lowest BCUT2D eigenvalue weighted by molar-refractivity contribution is -0.119. The van der Waals surface area contributed by atoms with Crippen LogP contribution < -0.4 is 4.72 Å². The molecule has 1 aliphatic rings. The number of sulfonamides is 1. The van der Waals surface area contributed by atoms with E-state index < -0.39 is 19.4 Å². The van der Waals surface area contributed by atoms with E-state index in [9.17, 15) is 13.2 Å². The summed E-state index contributed by atoms with van der Waals surface area (Å²) in [4.78, 5) is 12.4. The first-order valence-electron chi connectivity index (χ1n) is 7.41. The van der Waals surface area contributed by atoms with Crippen molar-refractivity contribution in [3.63, 3.8) is 0 Å². The van der Waals surface area contributed by atoms with Crippen molar-refractivity contribution in [2.24, 2.45) is 5.92 Å². The molecular weight excluding hydrogens is 437 g/mol. The lowest BCUT2D eigenvalue weighted by Crippen LogP contribution is -2.38. The Labute approximate surface area is 155 Å². The zero-order valence-corrected chi connectivity index (χ0v) is 15.8. The van der Waals surface area contributed by atoms with Crippen LogP contribution in [0.1, 0.15) is 6.42 Å². The van der Waals surface area contributed by atoms with Crippen LogP contribution in [0.4, 0.5) is 0 Å². The maximum atomic E-state index is 12.5. The second kappa shape index (κ2) is 6.33. The van der Waals surface area contributed by atoms with Crippen molar-refractivity contribution in [2.45, 2.75) is 14.7 Å². The number of alkyl halides is 1. The minimum Gasteiger partial charge on any atom is -0.272 e. The number of amides is 1. The molecule has 1 amide bonds. The normalized spacial score (nSPS) is 22.6. The number of rotatable bonds is 5. The predicted octanol–water partition coefficient (Wildman–Crippen LogP) is 3.54. The third-order valence-electron chi connectivity index (χ3n) is 4.09. The van der Waals surface area contributed by atoms with Crippen LogP contribution in [0.15, 0.2) is 72.1 Å². The first-order valence-corrected chi connectivity index (χ1v) is 9.97. The van der Waals surface area contributed by atoms with Gasteiger partial charge in [-0.1, -0.05) is 71.1 Å². The molecular formula is C18H16INO3S. The summed E-state index contributed by atoms with van der Waals surface area (Å²) in [5.74, 6) is -0.470. The largest absolute Gasteiger partial charge is 0.272 e. The molecule has 0 spiro atoms. The first kappa shape index (κ1) is 17.2. The van der Waals surface area contributed by atoms with Crippen LogP contribution in [0, 0.1) is 5.92 Å². The summed E-state index contributed by atoms with van der Waals surface area (Å²) in [7, 11) is -3.90. The van der Waals surface area contributed by atoms with Crippen molar-refractivity contribution in [3.8, 4) is 11.1 Å². The molecule has 0 unspecified atom stereocenters. The monoisotopic (exact) mass is 453 g/mol. The van der Waals surface area contributed by atoms with Crippen LogP contribution in [-0.2, 0) is 14.8 Å². The number of halogens is 1. The Morgan fingerprint density at radius 3 is 2.46 bits per heavy atom. The highest BCUT2D eigenvalue weighted by Crippen LogP contribution is 2.52. The van der Waals surface area contributed by atoms with Gasteiger partial charge in [0.25, 0.3) is 10.0 Å². The fourth-order valence-electron chi connectivity index (χ4n) is 2.53. The number of carbonyl (C=O) groups is 1. The van der Waals surface area contributed by atoms with Gasteiger partial charge in [0, 0.05) is 5.92 Å². The smallest absolute Gasteiger partial charge is 0.264 e. The van der Waals surface area contributed by atoms with Crippen molar-refractivity contribution in [3.05, 3.63) is 67.3 Å². The van der Waals surface area contributed by atoms with E-state index in [1.807, 2.05) is 59.0 Å². The highest BCUT2D eigenvalue weighted by Gasteiger charge is 2.57. The summed E-state index contributed by atoms with van der Waals surface area (Å²) in [5.41, 5.74) is 1.70. The number of carbonyl (C=O) groups excluding carboxylic acids is 1. The van der Waals surface area contributed by atoms with Gasteiger partial charge >= 0.3 is 0 Å². The zero-order valence-electron chi connectivity index (χ0n) is 12.8. The molecule has 6 heteroatoms. The van der Waals surface area contributed by atoms with Crippen molar-refractivity contribution in [2.75, 3.05) is 0 Å². The summed E-state index contributed by atoms with van der Waals surface area (Å²) in [6, 6.07) is 16.1. The number of benzene rings is 2. The molecule has 24 heavy (non-hydrogen) atoms. The lowest BCUT2D eigenvalue weighted by Gasteiger charge is -2.11. The van der Waals surface area contributed by atoms with Gasteiger partial charge in [0.15, 0.2) is 0 Å². The van der Waals surface area contributed by atoms with E-state index in [2.05, 4.69) is 11.3 Å². The Kier molecular flexibility index (Phi) is 4.52. The van der Waals surface area contributed by atoms with E-state index in [0.717, 1.165) is 11.1 Å². The standard InChI is InChI=1S/C18H16INO3S/c1-2-15-12-18(15,19)17(21)20-24(22,23)16-10-6-9-14(11-16)13-7-4-3-5-8-13/h2-11,15H,1,12H2,(H,20,21)/t15-,18-/m1/s1. The quantitative estimate of drug-likeness (QED) is 0.428. The Hall–Kier alpha value is -1.67. The molecule has 2 aromatic carbocycles. The van der Waals surface area contributed by atoms with Crippen LogP contribution >= 0.6 is 22.6 Å². The Morgan fingerprint density at radius 1 is 1.17 bits per heavy atom. The van der Waals surface area contributed by atoms with Gasteiger partial charge in [0.1, 0.15) is 3.42 Å². The molecule has 0 bridgehead atoms. The van der Waals surface area contributed by atoms with Crippen molar-refractivity contribution < 1.29 is 13.2 Å². The van der Waals surface area contributed by atoms with Crippen molar-refractivity contribution >= 4 is 38.5 Å². The average molecular weight is 453 g/mol. The van der Waals surface area contributed by atoms with E-state index in [0.29, 0.717) is 6.42 Å². The molecule has 1 fully saturated rings. The molecule has 3 rings (SSSR count). The Balaban J connectivity index is 1.86. The molecule has 2 aromatic rings. The average Bonchev–Trinajstić information content (AvgIpc) is 3.28. The van der Waals surface area contributed by atoms with Gasteiger partial charge < -0.3 is 0 Å². The van der Waals surface area contributed by atoms with Gasteiger partial charge in [-0.15, -0.1) is 6.58 Å². The van der Waals surface area contributed by atoms with E-state index in [1.165, 1.54) is 6.07 Å². The number of nitrogens with one attached hydrogen (secondary N) is 1. The second-order valence-corrected chi connectivity index (χ2v) is 9.34. The van der Waals surface area contributed by atoms with Crippen LogP contribution in [0.3, 0.4) is 0 Å². The van der Waals surface area contributed by atoms with Crippen molar-refractivity contribution in [1.82, 2.24) is 4.72 Å². The second-order valence-electron chi connectivity index (χ2n) is 5.74. The fraction of sp³-hybridized carbons (Fsp3) is 0.167. The van der Waals surface area contributed by atoms with E-state index in [1.54, 1.807) is 18.2 Å². The number of allylic oxidation sites excluding steroid dienone is 1. The van der Waals surface area contributed by atoms with E-state index in [4.69, 9.17) is 0 Å². The maximum Gasteiger partial charge on any atom is 0.264 e. The topological polar surface area (TPSA) is 63.2 Å². The maximum absolute atomic E-state index is 12.5. The minimum atomic E-state index is -3.90. The molecule has 2 atom stereocenters. The first-order chi connectivity index (χ1) is 11.4. The summed E-state index contributed by atoms with van der Waals surface area (Å²) in [6.07, 6.45) is 2.30. The molecule has 0 radical (unpaired) electrons.